The van der Waals surface area contributed by atoms with Gasteiger partial charge < -0.3 is 33.3 Å². The third-order valence-corrected chi connectivity index (χ3v) is 24.0. The minimum atomic E-state index is -2.32. The van der Waals surface area contributed by atoms with Gasteiger partial charge in [0.15, 0.2) is 16.6 Å². The predicted molar refractivity (Wildman–Crippen MR) is 222 cm³/mol. The molecule has 0 saturated heterocycles. The quantitative estimate of drug-likeness (QED) is 0.0766. The highest BCUT2D eigenvalue weighted by atomic mass is 28.4. The molecule has 11 heteroatoms. The van der Waals surface area contributed by atoms with Crippen molar-refractivity contribution in [2.24, 2.45) is 0 Å². The number of ether oxygens (including phenoxy) is 4. The van der Waals surface area contributed by atoms with Crippen LogP contribution in [0.3, 0.4) is 0 Å². The van der Waals surface area contributed by atoms with Gasteiger partial charge in [-0.15, -0.1) is 0 Å². The van der Waals surface area contributed by atoms with Gasteiger partial charge in [-0.1, -0.05) is 76.9 Å². The van der Waals surface area contributed by atoms with Crippen molar-refractivity contribution in [1.82, 2.24) is 0 Å². The Hall–Kier alpha value is -2.39. The lowest BCUT2D eigenvalue weighted by Gasteiger charge is -2.50. The second-order valence-corrected chi connectivity index (χ2v) is 27.9. The van der Waals surface area contributed by atoms with E-state index in [1.807, 2.05) is 36.4 Å². The van der Waals surface area contributed by atoms with Crippen molar-refractivity contribution in [3.8, 4) is 0 Å². The van der Waals surface area contributed by atoms with Gasteiger partial charge in [0.1, 0.15) is 0 Å². The monoisotopic (exact) mass is 798 g/mol. The first-order valence-electron chi connectivity index (χ1n) is 20.7. The predicted octanol–water partition coefficient (Wildman–Crippen LogP) is 10.3. The summed E-state index contributed by atoms with van der Waals surface area (Å²) in [5, 5.41) is 22.0. The van der Waals surface area contributed by atoms with Crippen molar-refractivity contribution in [1.29, 1.82) is 0 Å². The molecular formula is C44H70O9Si2. The summed E-state index contributed by atoms with van der Waals surface area (Å²) >= 11 is 0. The van der Waals surface area contributed by atoms with Crippen LogP contribution in [0.15, 0.2) is 60.7 Å². The molecular weight excluding hydrogens is 729 g/mol. The first-order chi connectivity index (χ1) is 25.8. The summed E-state index contributed by atoms with van der Waals surface area (Å²) in [5.41, 5.74) is 0.994. The van der Waals surface area contributed by atoms with Crippen LogP contribution in [-0.2, 0) is 23.1 Å². The highest BCUT2D eigenvalue weighted by Crippen LogP contribution is 2.50. The van der Waals surface area contributed by atoms with E-state index in [2.05, 4.69) is 53.9 Å². The van der Waals surface area contributed by atoms with Crippen LogP contribution in [0, 0.1) is 0 Å². The second-order valence-electron chi connectivity index (χ2n) is 18.4. The maximum atomic E-state index is 13.0. The number of aliphatic hydroxyl groups is 2. The maximum Gasteiger partial charge on any atom is 0.340 e. The molecule has 2 atom stereocenters. The molecule has 2 aliphatic rings. The molecule has 4 rings (SSSR count). The van der Waals surface area contributed by atoms with Gasteiger partial charge in [0.25, 0.3) is 0 Å². The zero-order valence-corrected chi connectivity index (χ0v) is 37.0. The van der Waals surface area contributed by atoms with E-state index in [1.165, 1.54) is 0 Å². The van der Waals surface area contributed by atoms with Crippen LogP contribution in [0.2, 0.25) is 36.3 Å². The SMILES string of the molecule is CC(C)(CC[C@H](O)COC1(OC(=O)c2ccccc2)CCCCC1)[Si](C)(C)O[Si](C)(C)C(C)(C)CC[C@H](O)COC1(OC(=O)c2ccccc2)CCCCC1. The standard InChI is InChI=1S/C44H70O9Si2/c1-41(2,31-25-37(45)33-49-43(27-17-11-18-28-43)51-39(47)35-21-13-9-14-22-35)54(5,6)53-55(7,8)42(3,4)32-26-38(46)34-50-44(29-19-12-20-30-44)52-40(48)36-23-15-10-16-24-36/h9-10,13-16,21-24,37-38,45-46H,11-12,17-20,25-34H2,1-8H3/t37-,38-/m0/s1. The lowest BCUT2D eigenvalue weighted by atomic mass is 9.93. The number of rotatable bonds is 20. The smallest absolute Gasteiger partial charge is 0.340 e. The molecule has 0 heterocycles. The Balaban J connectivity index is 1.27. The van der Waals surface area contributed by atoms with Crippen molar-refractivity contribution in [2.45, 2.75) is 178 Å². The third-order valence-electron chi connectivity index (χ3n) is 12.9. The fourth-order valence-corrected chi connectivity index (χ4v) is 16.4. The van der Waals surface area contributed by atoms with Gasteiger partial charge in [-0.3, -0.25) is 0 Å². The van der Waals surface area contributed by atoms with Crippen LogP contribution in [-0.4, -0.2) is 75.8 Å². The minimum Gasteiger partial charge on any atom is -0.455 e. The molecule has 2 aromatic rings. The molecule has 0 unspecified atom stereocenters. The van der Waals surface area contributed by atoms with Crippen LogP contribution < -0.4 is 0 Å². The number of esters is 2. The van der Waals surface area contributed by atoms with Crippen molar-refractivity contribution >= 4 is 28.6 Å². The number of benzene rings is 2. The van der Waals surface area contributed by atoms with E-state index in [-0.39, 0.29) is 23.3 Å². The molecule has 2 fully saturated rings. The van der Waals surface area contributed by atoms with Gasteiger partial charge in [-0.05, 0) is 112 Å². The topological polar surface area (TPSA) is 121 Å². The molecule has 55 heavy (non-hydrogen) atoms. The molecule has 308 valence electrons. The zero-order chi connectivity index (χ0) is 40.4. The average molecular weight is 799 g/mol. The van der Waals surface area contributed by atoms with Crippen molar-refractivity contribution in [2.75, 3.05) is 13.2 Å². The van der Waals surface area contributed by atoms with E-state index in [0.29, 0.717) is 49.7 Å². The molecule has 2 aromatic carbocycles. The summed E-state index contributed by atoms with van der Waals surface area (Å²) in [6, 6.07) is 18.0. The third kappa shape index (κ3) is 12.8. The summed E-state index contributed by atoms with van der Waals surface area (Å²) in [5.74, 6) is -2.80. The van der Waals surface area contributed by atoms with Crippen LogP contribution >= 0.6 is 0 Å². The molecule has 2 N–H and O–H groups in total. The number of aliphatic hydroxyl groups excluding tert-OH is 2. The first-order valence-corrected chi connectivity index (χ1v) is 26.5. The molecule has 2 aliphatic carbocycles. The van der Waals surface area contributed by atoms with E-state index in [0.717, 1.165) is 51.4 Å². The Bertz CT molecular complexity index is 1370. The van der Waals surface area contributed by atoms with Crippen molar-refractivity contribution in [3.63, 3.8) is 0 Å². The number of carbonyl (C=O) groups is 2. The number of hydrogen-bond donors (Lipinski definition) is 2. The Morgan fingerprint density at radius 3 is 1.25 bits per heavy atom. The first kappa shape index (κ1) is 45.3. The second kappa shape index (κ2) is 19.4. The highest BCUT2D eigenvalue weighted by molar-refractivity contribution is 6.87. The molecule has 0 amide bonds. The highest BCUT2D eigenvalue weighted by Gasteiger charge is 2.50. The molecule has 9 nitrogen and oxygen atoms in total. The summed E-state index contributed by atoms with van der Waals surface area (Å²) in [7, 11) is -4.63. The maximum absolute atomic E-state index is 13.0. The van der Waals surface area contributed by atoms with E-state index in [1.54, 1.807) is 24.3 Å². The van der Waals surface area contributed by atoms with Gasteiger partial charge in [0, 0.05) is 25.7 Å². The summed E-state index contributed by atoms with van der Waals surface area (Å²) < 4.78 is 31.8. The Morgan fingerprint density at radius 1 is 0.600 bits per heavy atom. The van der Waals surface area contributed by atoms with E-state index in [9.17, 15) is 19.8 Å². The van der Waals surface area contributed by atoms with E-state index < -0.39 is 52.4 Å². The van der Waals surface area contributed by atoms with Crippen LogP contribution in [0.25, 0.3) is 0 Å². The number of carbonyl (C=O) groups excluding carboxylic acids is 2. The van der Waals surface area contributed by atoms with Crippen LogP contribution in [0.5, 0.6) is 0 Å². The largest absolute Gasteiger partial charge is 0.455 e. The molecule has 2 saturated carbocycles. The number of hydrogen-bond acceptors (Lipinski definition) is 9. The van der Waals surface area contributed by atoms with Gasteiger partial charge in [-0.25, -0.2) is 9.59 Å². The Kier molecular flexibility index (Phi) is 16.0. The average Bonchev–Trinajstić information content (AvgIpc) is 3.15. The lowest BCUT2D eigenvalue weighted by Crippen LogP contribution is -2.55. The minimum absolute atomic E-state index is 0.108. The summed E-state index contributed by atoms with van der Waals surface area (Å²) in [4.78, 5) is 25.9. The lowest BCUT2D eigenvalue weighted by molar-refractivity contribution is -0.231. The Morgan fingerprint density at radius 2 is 0.927 bits per heavy atom. The van der Waals surface area contributed by atoms with Crippen molar-refractivity contribution < 1.29 is 42.9 Å². The fourth-order valence-electron chi connectivity index (χ4n) is 7.57. The molecule has 0 aliphatic heterocycles. The fraction of sp³-hybridized carbons (Fsp3) is 0.682. The zero-order valence-electron chi connectivity index (χ0n) is 35.0. The van der Waals surface area contributed by atoms with E-state index >= 15 is 0 Å². The van der Waals surface area contributed by atoms with Gasteiger partial charge in [-0.2, -0.15) is 0 Å². The molecule has 0 bridgehead atoms. The van der Waals surface area contributed by atoms with Crippen LogP contribution in [0.4, 0.5) is 0 Å². The Labute approximate surface area is 333 Å². The van der Waals surface area contributed by atoms with E-state index in [4.69, 9.17) is 23.1 Å². The van der Waals surface area contributed by atoms with Gasteiger partial charge in [0.2, 0.25) is 11.6 Å². The molecule has 0 spiro atoms. The molecule has 0 radical (unpaired) electrons. The van der Waals surface area contributed by atoms with Crippen LogP contribution in [0.1, 0.15) is 138 Å². The van der Waals surface area contributed by atoms with Crippen molar-refractivity contribution in [3.05, 3.63) is 71.8 Å². The van der Waals surface area contributed by atoms with Gasteiger partial charge in [0.05, 0.1) is 36.5 Å². The summed E-state index contributed by atoms with van der Waals surface area (Å²) in [6.07, 6.45) is 9.56. The van der Waals surface area contributed by atoms with Gasteiger partial charge >= 0.3 is 11.9 Å². The molecule has 0 aromatic heterocycles. The summed E-state index contributed by atoms with van der Waals surface area (Å²) in [6.45, 7) is 18.3. The normalized spacial score (nSPS) is 18.9.